The second-order valence-corrected chi connectivity index (χ2v) is 7.86. The van der Waals surface area contributed by atoms with Crippen molar-refractivity contribution in [3.63, 3.8) is 0 Å². The van der Waals surface area contributed by atoms with E-state index in [1.807, 2.05) is 52.8 Å². The number of oxazole rings is 1. The molecule has 0 amide bonds. The summed E-state index contributed by atoms with van der Waals surface area (Å²) in [6.45, 7) is 13.7. The van der Waals surface area contributed by atoms with Gasteiger partial charge in [0, 0.05) is 0 Å². The summed E-state index contributed by atoms with van der Waals surface area (Å²) in [6, 6.07) is 7.71. The van der Waals surface area contributed by atoms with Crippen LogP contribution in [0.15, 0.2) is 34.8 Å². The minimum atomic E-state index is -0.525. The van der Waals surface area contributed by atoms with Crippen molar-refractivity contribution < 1.29 is 18.5 Å². The highest BCUT2D eigenvalue weighted by molar-refractivity contribution is 6.62. The highest BCUT2D eigenvalue weighted by Crippen LogP contribution is 2.37. The van der Waals surface area contributed by atoms with Gasteiger partial charge in [-0.2, -0.15) is 5.26 Å². The second-order valence-electron chi connectivity index (χ2n) is 7.86. The predicted molar refractivity (Wildman–Crippen MR) is 113 cm³/mol. The zero-order chi connectivity index (χ0) is 21.4. The molecule has 0 unspecified atom stereocenters. The van der Waals surface area contributed by atoms with Crippen LogP contribution in [0.4, 0.5) is 0 Å². The first kappa shape index (κ1) is 20.9. The summed E-state index contributed by atoms with van der Waals surface area (Å²) in [4.78, 5) is 4.50. The highest BCUT2D eigenvalue weighted by Gasteiger charge is 2.51. The summed E-state index contributed by atoms with van der Waals surface area (Å²) >= 11 is 0. The summed E-state index contributed by atoms with van der Waals surface area (Å²) < 4.78 is 23.6. The summed E-state index contributed by atoms with van der Waals surface area (Å²) in [5.74, 6) is 0.903. The van der Waals surface area contributed by atoms with Gasteiger partial charge in [0.05, 0.1) is 29.4 Å². The summed E-state index contributed by atoms with van der Waals surface area (Å²) in [7, 11) is 1.05. The predicted octanol–water partition coefficient (Wildman–Crippen LogP) is 2.31. The SMILES string of the molecule is C=c1oc(-c2cc(B3OC(C)(C)C(C)(C)O3)ccc2OC)n/c1=C(C#N)/C=C\C. The molecule has 0 radical (unpaired) electrons. The number of aromatic nitrogens is 1. The van der Waals surface area contributed by atoms with Crippen molar-refractivity contribution in [1.29, 1.82) is 5.26 Å². The minimum absolute atomic E-state index is 0.317. The third-order valence-corrected chi connectivity index (χ3v) is 5.39. The lowest BCUT2D eigenvalue weighted by Gasteiger charge is -2.32. The van der Waals surface area contributed by atoms with Crippen molar-refractivity contribution in [3.05, 3.63) is 41.1 Å². The lowest BCUT2D eigenvalue weighted by molar-refractivity contribution is 0.00578. The highest BCUT2D eigenvalue weighted by atomic mass is 16.7. The van der Waals surface area contributed by atoms with Gasteiger partial charge in [0.25, 0.3) is 0 Å². The maximum absolute atomic E-state index is 9.40. The Hall–Kier alpha value is -2.82. The first-order valence-corrected chi connectivity index (χ1v) is 9.40. The Morgan fingerprint density at radius 3 is 2.45 bits per heavy atom. The van der Waals surface area contributed by atoms with Gasteiger partial charge in [-0.3, -0.25) is 0 Å². The molecule has 1 fully saturated rings. The normalized spacial score (nSPS) is 18.7. The average Bonchev–Trinajstić information content (AvgIpc) is 3.15. The van der Waals surface area contributed by atoms with Crippen LogP contribution in [-0.2, 0) is 9.31 Å². The topological polar surface area (TPSA) is 77.5 Å². The molecule has 150 valence electrons. The molecule has 0 N–H and O–H groups in total. The van der Waals surface area contributed by atoms with Gasteiger partial charge in [-0.15, -0.1) is 0 Å². The number of rotatable bonds is 4. The number of methoxy groups -OCH3 is 1. The van der Waals surface area contributed by atoms with Crippen molar-refractivity contribution in [3.8, 4) is 23.3 Å². The van der Waals surface area contributed by atoms with E-state index in [1.54, 1.807) is 19.3 Å². The Morgan fingerprint density at radius 1 is 1.24 bits per heavy atom. The maximum Gasteiger partial charge on any atom is 0.494 e. The molecule has 2 aromatic rings. The molecule has 2 heterocycles. The number of nitriles is 1. The van der Waals surface area contributed by atoms with Gasteiger partial charge in [0.1, 0.15) is 22.6 Å². The Labute approximate surface area is 171 Å². The van der Waals surface area contributed by atoms with Gasteiger partial charge in [0.2, 0.25) is 5.89 Å². The molecule has 29 heavy (non-hydrogen) atoms. The molecular formula is C22H25BN2O4. The molecule has 0 bridgehead atoms. The van der Waals surface area contributed by atoms with E-state index in [1.165, 1.54) is 0 Å². The lowest BCUT2D eigenvalue weighted by atomic mass is 9.78. The van der Waals surface area contributed by atoms with Crippen LogP contribution in [0.2, 0.25) is 0 Å². The van der Waals surface area contributed by atoms with Crippen LogP contribution in [0.5, 0.6) is 5.75 Å². The smallest absolute Gasteiger partial charge is 0.494 e. The zero-order valence-electron chi connectivity index (χ0n) is 17.7. The lowest BCUT2D eigenvalue weighted by Crippen LogP contribution is -2.41. The fraction of sp³-hybridized carbons (Fsp3) is 0.364. The van der Waals surface area contributed by atoms with Gasteiger partial charge in [-0.1, -0.05) is 18.7 Å². The molecule has 1 aliphatic heterocycles. The number of allylic oxidation sites excluding steroid dienone is 2. The van der Waals surface area contributed by atoms with Crippen molar-refractivity contribution in [2.75, 3.05) is 7.11 Å². The van der Waals surface area contributed by atoms with E-state index < -0.39 is 18.3 Å². The molecule has 1 saturated heterocycles. The van der Waals surface area contributed by atoms with Crippen LogP contribution < -0.4 is 21.0 Å². The fourth-order valence-corrected chi connectivity index (χ4v) is 3.03. The number of nitrogens with zero attached hydrogens (tertiary/aromatic N) is 2. The number of hydrogen-bond donors (Lipinski definition) is 0. The third-order valence-electron chi connectivity index (χ3n) is 5.39. The molecule has 0 aliphatic carbocycles. The summed E-state index contributed by atoms with van der Waals surface area (Å²) in [5.41, 5.74) is 1.26. The van der Waals surface area contributed by atoms with Crippen LogP contribution in [-0.4, -0.2) is 30.4 Å². The van der Waals surface area contributed by atoms with Gasteiger partial charge in [0.15, 0.2) is 0 Å². The van der Waals surface area contributed by atoms with E-state index in [2.05, 4.69) is 17.6 Å². The van der Waals surface area contributed by atoms with E-state index in [0.29, 0.717) is 33.5 Å². The van der Waals surface area contributed by atoms with Crippen molar-refractivity contribution >= 4 is 24.7 Å². The minimum Gasteiger partial charge on any atom is -0.496 e. The zero-order valence-corrected chi connectivity index (χ0v) is 17.7. The Morgan fingerprint density at radius 2 is 1.90 bits per heavy atom. The molecule has 7 heteroatoms. The van der Waals surface area contributed by atoms with Gasteiger partial charge in [-0.05, 0) is 58.3 Å². The van der Waals surface area contributed by atoms with E-state index in [9.17, 15) is 5.26 Å². The number of benzene rings is 1. The monoisotopic (exact) mass is 392 g/mol. The average molecular weight is 392 g/mol. The largest absolute Gasteiger partial charge is 0.496 e. The molecule has 1 aliphatic rings. The van der Waals surface area contributed by atoms with Crippen LogP contribution in [0.1, 0.15) is 34.6 Å². The molecule has 0 atom stereocenters. The fourth-order valence-electron chi connectivity index (χ4n) is 3.03. The van der Waals surface area contributed by atoms with E-state index in [-0.39, 0.29) is 0 Å². The second kappa shape index (κ2) is 7.55. The van der Waals surface area contributed by atoms with Crippen molar-refractivity contribution in [2.24, 2.45) is 0 Å². The first-order valence-electron chi connectivity index (χ1n) is 9.40. The van der Waals surface area contributed by atoms with Gasteiger partial charge < -0.3 is 18.5 Å². The van der Waals surface area contributed by atoms with Crippen LogP contribution in [0, 0.1) is 11.3 Å². The molecule has 1 aromatic carbocycles. The van der Waals surface area contributed by atoms with Gasteiger partial charge in [-0.25, -0.2) is 4.98 Å². The standard InChI is InChI=1S/C22H25BN2O4/c1-8-9-15(13-24)19-14(2)27-20(25-19)17-12-16(10-11-18(17)26-7)23-28-21(3,4)22(5,6)29-23/h8-12H,2H2,1,3-7H3/b9-8-,19-15-. The molecule has 1 aromatic heterocycles. The van der Waals surface area contributed by atoms with E-state index in [0.717, 1.165) is 5.46 Å². The molecule has 6 nitrogen and oxygen atoms in total. The Balaban J connectivity index is 2.12. The number of hydrogen-bond acceptors (Lipinski definition) is 6. The maximum atomic E-state index is 9.40. The number of ether oxygens (including phenoxy) is 1. The van der Waals surface area contributed by atoms with Crippen LogP contribution in [0.25, 0.3) is 23.6 Å². The van der Waals surface area contributed by atoms with Crippen LogP contribution >= 0.6 is 0 Å². The molecule has 0 spiro atoms. The van der Waals surface area contributed by atoms with E-state index >= 15 is 0 Å². The Kier molecular flexibility index (Phi) is 5.44. The first-order chi connectivity index (χ1) is 13.6. The quantitative estimate of drug-likeness (QED) is 0.744. The van der Waals surface area contributed by atoms with Crippen molar-refractivity contribution in [2.45, 2.75) is 45.8 Å². The van der Waals surface area contributed by atoms with Crippen molar-refractivity contribution in [1.82, 2.24) is 4.98 Å². The summed E-state index contributed by atoms with van der Waals surface area (Å²) in [6.07, 6.45) is 3.44. The summed E-state index contributed by atoms with van der Waals surface area (Å²) in [5, 5.41) is 9.80. The third kappa shape index (κ3) is 3.74. The van der Waals surface area contributed by atoms with Gasteiger partial charge >= 0.3 is 7.12 Å². The Bertz CT molecular complexity index is 1090. The van der Waals surface area contributed by atoms with E-state index in [4.69, 9.17) is 18.5 Å². The molecule has 0 saturated carbocycles. The molecule has 3 rings (SSSR count). The molecular weight excluding hydrogens is 367 g/mol. The van der Waals surface area contributed by atoms with Crippen LogP contribution in [0.3, 0.4) is 0 Å².